The number of para-hydroxylation sites is 1. The van der Waals surface area contributed by atoms with Gasteiger partial charge in [-0.05, 0) is 35.4 Å². The SMILES string of the molecule is C=CC(=O)OCCOc1ccc(/C=C/c2ccc(/C=C/c3ccccc3OCCOC(=O)C=C)c(F)c2)cc1. The maximum atomic E-state index is 14.8. The zero-order valence-corrected chi connectivity index (χ0v) is 21.4. The number of rotatable bonds is 14. The zero-order chi connectivity index (χ0) is 27.9. The number of hydrogen-bond acceptors (Lipinski definition) is 6. The molecule has 0 bridgehead atoms. The Bertz CT molecular complexity index is 1340. The molecule has 0 amide bonds. The normalized spacial score (nSPS) is 10.8. The average Bonchev–Trinajstić information content (AvgIpc) is 2.96. The smallest absolute Gasteiger partial charge is 0.330 e. The number of hydrogen-bond donors (Lipinski definition) is 0. The summed E-state index contributed by atoms with van der Waals surface area (Å²) in [6.07, 6.45) is 9.34. The molecule has 7 heteroatoms. The van der Waals surface area contributed by atoms with Crippen molar-refractivity contribution in [2.75, 3.05) is 26.4 Å². The monoisotopic (exact) mass is 528 g/mol. The first-order chi connectivity index (χ1) is 19.0. The molecule has 0 unspecified atom stereocenters. The summed E-state index contributed by atoms with van der Waals surface area (Å²) >= 11 is 0. The summed E-state index contributed by atoms with van der Waals surface area (Å²) in [4.78, 5) is 22.1. The van der Waals surface area contributed by atoms with E-state index in [4.69, 9.17) is 18.9 Å². The van der Waals surface area contributed by atoms with Gasteiger partial charge in [-0.15, -0.1) is 0 Å². The van der Waals surface area contributed by atoms with Crippen molar-refractivity contribution in [3.63, 3.8) is 0 Å². The van der Waals surface area contributed by atoms with E-state index in [1.165, 1.54) is 6.07 Å². The quantitative estimate of drug-likeness (QED) is 0.105. The zero-order valence-electron chi connectivity index (χ0n) is 21.4. The Labute approximate surface area is 227 Å². The first kappa shape index (κ1) is 28.7. The third-order valence-electron chi connectivity index (χ3n) is 5.25. The number of halogens is 1. The van der Waals surface area contributed by atoms with E-state index in [0.29, 0.717) is 22.6 Å². The summed E-state index contributed by atoms with van der Waals surface area (Å²) < 4.78 is 35.8. The summed E-state index contributed by atoms with van der Waals surface area (Å²) in [7, 11) is 0. The van der Waals surface area contributed by atoms with E-state index in [9.17, 15) is 14.0 Å². The van der Waals surface area contributed by atoms with Crippen LogP contribution in [0.4, 0.5) is 4.39 Å². The van der Waals surface area contributed by atoms with Crippen molar-refractivity contribution in [1.82, 2.24) is 0 Å². The molecule has 0 aromatic heterocycles. The van der Waals surface area contributed by atoms with E-state index >= 15 is 0 Å². The Morgan fingerprint density at radius 3 is 1.92 bits per heavy atom. The summed E-state index contributed by atoms with van der Waals surface area (Å²) in [6, 6.07) is 19.7. The van der Waals surface area contributed by atoms with Crippen molar-refractivity contribution in [1.29, 1.82) is 0 Å². The molecule has 200 valence electrons. The van der Waals surface area contributed by atoms with Gasteiger partial charge in [0, 0.05) is 23.3 Å². The Kier molecular flexibility index (Phi) is 11.3. The molecule has 3 aromatic rings. The van der Waals surface area contributed by atoms with Crippen LogP contribution in [-0.4, -0.2) is 38.4 Å². The minimum absolute atomic E-state index is 0.0967. The summed E-state index contributed by atoms with van der Waals surface area (Å²) in [5.74, 6) is -0.116. The summed E-state index contributed by atoms with van der Waals surface area (Å²) in [6.45, 7) is 7.33. The van der Waals surface area contributed by atoms with E-state index in [2.05, 4.69) is 13.2 Å². The molecule has 0 atom stereocenters. The Balaban J connectivity index is 1.55. The molecule has 0 aliphatic carbocycles. The van der Waals surface area contributed by atoms with E-state index in [1.54, 1.807) is 36.4 Å². The highest BCUT2D eigenvalue weighted by molar-refractivity contribution is 5.81. The molecule has 3 rings (SSSR count). The molecular weight excluding hydrogens is 499 g/mol. The first-order valence-corrected chi connectivity index (χ1v) is 12.2. The van der Waals surface area contributed by atoms with Crippen LogP contribution in [0.5, 0.6) is 11.5 Å². The van der Waals surface area contributed by atoms with E-state index < -0.39 is 11.9 Å². The number of carbonyl (C=O) groups excluding carboxylic acids is 2. The van der Waals surface area contributed by atoms with Crippen LogP contribution in [0.1, 0.15) is 22.3 Å². The summed E-state index contributed by atoms with van der Waals surface area (Å²) in [5.41, 5.74) is 2.83. The molecule has 0 heterocycles. The Morgan fingerprint density at radius 1 is 0.667 bits per heavy atom. The Hall–Kier alpha value is -4.91. The van der Waals surface area contributed by atoms with Gasteiger partial charge in [0.2, 0.25) is 0 Å². The second-order valence-corrected chi connectivity index (χ2v) is 7.99. The lowest BCUT2D eigenvalue weighted by Crippen LogP contribution is -2.10. The fourth-order valence-electron chi connectivity index (χ4n) is 3.29. The van der Waals surface area contributed by atoms with Gasteiger partial charge < -0.3 is 18.9 Å². The molecule has 0 saturated heterocycles. The van der Waals surface area contributed by atoms with Gasteiger partial charge in [-0.2, -0.15) is 0 Å². The van der Waals surface area contributed by atoms with Crippen LogP contribution < -0.4 is 9.47 Å². The van der Waals surface area contributed by atoms with Crippen LogP contribution in [-0.2, 0) is 19.1 Å². The molecular formula is C32H29FO6. The van der Waals surface area contributed by atoms with Crippen molar-refractivity contribution in [2.45, 2.75) is 0 Å². The highest BCUT2D eigenvalue weighted by Crippen LogP contribution is 2.22. The molecule has 0 fully saturated rings. The fraction of sp³-hybridized carbons (Fsp3) is 0.125. The Morgan fingerprint density at radius 2 is 1.26 bits per heavy atom. The third-order valence-corrected chi connectivity index (χ3v) is 5.25. The minimum Gasteiger partial charge on any atom is -0.490 e. The van der Waals surface area contributed by atoms with Gasteiger partial charge in [-0.3, -0.25) is 0 Å². The second kappa shape index (κ2) is 15.4. The first-order valence-electron chi connectivity index (χ1n) is 12.2. The maximum absolute atomic E-state index is 14.8. The van der Waals surface area contributed by atoms with E-state index in [1.807, 2.05) is 48.6 Å². The van der Waals surface area contributed by atoms with Crippen LogP contribution in [0.25, 0.3) is 24.3 Å². The van der Waals surface area contributed by atoms with Crippen LogP contribution >= 0.6 is 0 Å². The van der Waals surface area contributed by atoms with E-state index in [0.717, 1.165) is 23.3 Å². The molecule has 39 heavy (non-hydrogen) atoms. The molecule has 0 aliphatic rings. The predicted octanol–water partition coefficient (Wildman–Crippen LogP) is 6.38. The standard InChI is InChI=1S/C32H29FO6/c1-3-31(34)38-21-19-36-28-17-12-24(13-18-28)9-10-25-11-14-26(29(33)23-25)15-16-27-7-5-6-8-30(27)37-20-22-39-32(35)4-2/h3-18,23H,1-2,19-22H2/b10-9+,16-15+. The van der Waals surface area contributed by atoms with Gasteiger partial charge in [0.05, 0.1) is 0 Å². The predicted molar refractivity (Wildman–Crippen MR) is 150 cm³/mol. The molecule has 6 nitrogen and oxygen atoms in total. The van der Waals surface area contributed by atoms with Crippen LogP contribution in [0.3, 0.4) is 0 Å². The number of carbonyl (C=O) groups is 2. The molecule has 0 aliphatic heterocycles. The summed E-state index contributed by atoms with van der Waals surface area (Å²) in [5, 5.41) is 0. The van der Waals surface area contributed by atoms with Crippen LogP contribution in [0.2, 0.25) is 0 Å². The lowest BCUT2D eigenvalue weighted by Gasteiger charge is -2.09. The largest absolute Gasteiger partial charge is 0.490 e. The van der Waals surface area contributed by atoms with Crippen molar-refractivity contribution in [3.8, 4) is 11.5 Å². The third kappa shape index (κ3) is 9.81. The second-order valence-electron chi connectivity index (χ2n) is 7.99. The van der Waals surface area contributed by atoms with Crippen molar-refractivity contribution >= 4 is 36.2 Å². The molecule has 3 aromatic carbocycles. The van der Waals surface area contributed by atoms with Gasteiger partial charge in [-0.25, -0.2) is 14.0 Å². The molecule has 0 spiro atoms. The minimum atomic E-state index is -0.509. The molecule has 0 saturated carbocycles. The average molecular weight is 529 g/mol. The topological polar surface area (TPSA) is 71.1 Å². The lowest BCUT2D eigenvalue weighted by molar-refractivity contribution is -0.139. The highest BCUT2D eigenvalue weighted by atomic mass is 19.1. The van der Waals surface area contributed by atoms with Gasteiger partial charge in [0.1, 0.15) is 43.7 Å². The van der Waals surface area contributed by atoms with Crippen molar-refractivity contribution in [3.05, 3.63) is 120 Å². The van der Waals surface area contributed by atoms with Crippen molar-refractivity contribution < 1.29 is 32.9 Å². The number of ether oxygens (including phenoxy) is 4. The number of esters is 2. The number of benzene rings is 3. The van der Waals surface area contributed by atoms with Gasteiger partial charge in [0.15, 0.2) is 0 Å². The molecule has 0 radical (unpaired) electrons. The van der Waals surface area contributed by atoms with Crippen molar-refractivity contribution in [2.24, 2.45) is 0 Å². The lowest BCUT2D eigenvalue weighted by atomic mass is 10.1. The van der Waals surface area contributed by atoms with E-state index in [-0.39, 0.29) is 32.2 Å². The van der Waals surface area contributed by atoms with Crippen LogP contribution in [0.15, 0.2) is 92.0 Å². The highest BCUT2D eigenvalue weighted by Gasteiger charge is 2.04. The molecule has 0 N–H and O–H groups in total. The fourth-order valence-corrected chi connectivity index (χ4v) is 3.29. The van der Waals surface area contributed by atoms with Gasteiger partial charge >= 0.3 is 11.9 Å². The van der Waals surface area contributed by atoms with Gasteiger partial charge in [0.25, 0.3) is 0 Å². The van der Waals surface area contributed by atoms with Crippen LogP contribution in [0, 0.1) is 5.82 Å². The van der Waals surface area contributed by atoms with Gasteiger partial charge in [-0.1, -0.05) is 79.9 Å². The maximum Gasteiger partial charge on any atom is 0.330 e.